The zero-order valence-corrected chi connectivity index (χ0v) is 15.7. The van der Waals surface area contributed by atoms with Gasteiger partial charge in [0.2, 0.25) is 0 Å². The summed E-state index contributed by atoms with van der Waals surface area (Å²) in [6.45, 7) is 1.62. The highest BCUT2D eigenvalue weighted by Crippen LogP contribution is 2.39. The number of methoxy groups -OCH3 is 1. The largest absolute Gasteiger partial charge is 0.465 e. The van der Waals surface area contributed by atoms with Gasteiger partial charge in [0.05, 0.1) is 29.7 Å². The Hall–Kier alpha value is -2.73. The summed E-state index contributed by atoms with van der Waals surface area (Å²) in [7, 11) is 1.30. The number of para-hydroxylation sites is 2. The molecule has 1 N–H and O–H groups in total. The molecule has 27 heavy (non-hydrogen) atoms. The molecule has 6 nitrogen and oxygen atoms in total. The number of benzene rings is 2. The lowest BCUT2D eigenvalue weighted by Gasteiger charge is -2.40. The number of amides is 2. The summed E-state index contributed by atoms with van der Waals surface area (Å²) in [5.41, 5.74) is 2.55. The van der Waals surface area contributed by atoms with Gasteiger partial charge in [-0.3, -0.25) is 4.90 Å². The van der Waals surface area contributed by atoms with Crippen LogP contribution in [0.15, 0.2) is 42.5 Å². The molecule has 0 spiro atoms. The van der Waals surface area contributed by atoms with E-state index in [2.05, 4.69) is 10.2 Å². The van der Waals surface area contributed by atoms with E-state index in [-0.39, 0.29) is 11.6 Å². The van der Waals surface area contributed by atoms with E-state index in [4.69, 9.17) is 16.3 Å². The zero-order valence-electron chi connectivity index (χ0n) is 14.9. The van der Waals surface area contributed by atoms with Gasteiger partial charge in [-0.2, -0.15) is 0 Å². The van der Waals surface area contributed by atoms with Gasteiger partial charge in [-0.15, -0.1) is 0 Å². The molecule has 2 aliphatic heterocycles. The number of fused-ring (bicyclic) bond motifs is 3. The molecular formula is C20H20ClN3O3. The van der Waals surface area contributed by atoms with Crippen molar-refractivity contribution < 1.29 is 14.3 Å². The van der Waals surface area contributed by atoms with Crippen LogP contribution in [-0.4, -0.2) is 38.2 Å². The summed E-state index contributed by atoms with van der Waals surface area (Å²) in [5.74, 6) is -0.525. The highest BCUT2D eigenvalue weighted by molar-refractivity contribution is 6.31. The van der Waals surface area contributed by atoms with E-state index in [1.54, 1.807) is 23.1 Å². The number of carbonyl (C=O) groups excluding carboxylic acids is 2. The Morgan fingerprint density at radius 2 is 1.96 bits per heavy atom. The maximum absolute atomic E-state index is 13.1. The van der Waals surface area contributed by atoms with Crippen LogP contribution in [0.25, 0.3) is 0 Å². The third-order valence-corrected chi connectivity index (χ3v) is 5.36. The van der Waals surface area contributed by atoms with Crippen molar-refractivity contribution in [3.05, 3.63) is 53.1 Å². The number of hydrogen-bond acceptors (Lipinski definition) is 4. The number of hydrogen-bond donors (Lipinski definition) is 1. The minimum Gasteiger partial charge on any atom is -0.465 e. The fourth-order valence-electron chi connectivity index (χ4n) is 3.87. The number of nitrogens with zero attached hydrogens (tertiary/aromatic N) is 2. The van der Waals surface area contributed by atoms with Gasteiger partial charge in [0.25, 0.3) is 0 Å². The van der Waals surface area contributed by atoms with Gasteiger partial charge in [-0.05, 0) is 43.2 Å². The Labute approximate surface area is 162 Å². The molecule has 1 atom stereocenters. The van der Waals surface area contributed by atoms with Crippen molar-refractivity contribution in [2.45, 2.75) is 18.9 Å². The average Bonchev–Trinajstić information content (AvgIpc) is 3.16. The predicted octanol–water partition coefficient (Wildman–Crippen LogP) is 4.15. The molecular weight excluding hydrogens is 366 g/mol. The monoisotopic (exact) mass is 385 g/mol. The molecule has 7 heteroatoms. The number of carbonyl (C=O) groups is 2. The molecule has 0 bridgehead atoms. The van der Waals surface area contributed by atoms with E-state index in [0.29, 0.717) is 23.3 Å². The van der Waals surface area contributed by atoms with Crippen LogP contribution in [0.2, 0.25) is 5.02 Å². The number of halogens is 1. The second kappa shape index (κ2) is 7.12. The van der Waals surface area contributed by atoms with E-state index in [0.717, 1.165) is 30.8 Å². The fraction of sp³-hybridized carbons (Fsp3) is 0.300. The van der Waals surface area contributed by atoms with Gasteiger partial charge in [-0.1, -0.05) is 23.7 Å². The van der Waals surface area contributed by atoms with Gasteiger partial charge in [0, 0.05) is 24.2 Å². The Balaban J connectivity index is 1.65. The Kier molecular flexibility index (Phi) is 4.66. The zero-order chi connectivity index (χ0) is 19.0. The summed E-state index contributed by atoms with van der Waals surface area (Å²) in [6.07, 6.45) is 2.18. The quantitative estimate of drug-likeness (QED) is 0.789. The number of rotatable bonds is 2. The van der Waals surface area contributed by atoms with Gasteiger partial charge < -0.3 is 15.0 Å². The number of esters is 1. The lowest BCUT2D eigenvalue weighted by Crippen LogP contribution is -2.49. The molecule has 140 valence electrons. The second-order valence-electron chi connectivity index (χ2n) is 6.70. The predicted molar refractivity (Wildman–Crippen MR) is 106 cm³/mol. The molecule has 2 heterocycles. The summed E-state index contributed by atoms with van der Waals surface area (Å²) >= 11 is 6.06. The standard InChI is InChI=1S/C20H20ClN3O3/c1-27-19(25)15-9-8-13(21)11-16(15)22-20(26)24-12-14-5-4-10-23(14)17-6-2-3-7-18(17)24/h2-3,6-9,11,14H,4-5,10,12H2,1H3,(H,22,26)/t14-/m1/s1. The Morgan fingerprint density at radius 1 is 1.19 bits per heavy atom. The summed E-state index contributed by atoms with van der Waals surface area (Å²) in [6, 6.07) is 12.6. The van der Waals surface area contributed by atoms with Crippen LogP contribution in [0.4, 0.5) is 21.9 Å². The van der Waals surface area contributed by atoms with Crippen molar-refractivity contribution in [2.75, 3.05) is 35.3 Å². The van der Waals surface area contributed by atoms with Gasteiger partial charge in [-0.25, -0.2) is 9.59 Å². The molecule has 1 saturated heterocycles. The molecule has 1 fully saturated rings. The second-order valence-corrected chi connectivity index (χ2v) is 7.14. The first kappa shape index (κ1) is 17.7. The van der Waals surface area contributed by atoms with Crippen molar-refractivity contribution in [3.63, 3.8) is 0 Å². The van der Waals surface area contributed by atoms with E-state index in [1.807, 2.05) is 24.3 Å². The van der Waals surface area contributed by atoms with Crippen LogP contribution >= 0.6 is 11.6 Å². The van der Waals surface area contributed by atoms with Crippen LogP contribution in [0.5, 0.6) is 0 Å². The number of urea groups is 1. The summed E-state index contributed by atoms with van der Waals surface area (Å²) in [4.78, 5) is 29.2. The number of anilines is 3. The first-order valence-electron chi connectivity index (χ1n) is 8.90. The van der Waals surface area contributed by atoms with Gasteiger partial charge >= 0.3 is 12.0 Å². The van der Waals surface area contributed by atoms with Crippen molar-refractivity contribution in [3.8, 4) is 0 Å². The highest BCUT2D eigenvalue weighted by atomic mass is 35.5. The molecule has 0 radical (unpaired) electrons. The SMILES string of the molecule is COC(=O)c1ccc(Cl)cc1NC(=O)N1C[C@H]2CCCN2c2ccccc21. The topological polar surface area (TPSA) is 61.9 Å². The van der Waals surface area contributed by atoms with E-state index < -0.39 is 5.97 Å². The summed E-state index contributed by atoms with van der Waals surface area (Å²) in [5, 5.41) is 3.27. The van der Waals surface area contributed by atoms with E-state index in [9.17, 15) is 9.59 Å². The van der Waals surface area contributed by atoms with Crippen LogP contribution < -0.4 is 15.1 Å². The molecule has 0 aromatic heterocycles. The van der Waals surface area contributed by atoms with E-state index >= 15 is 0 Å². The molecule has 4 rings (SSSR count). The van der Waals surface area contributed by atoms with Crippen molar-refractivity contribution >= 4 is 40.7 Å². The van der Waals surface area contributed by atoms with Gasteiger partial charge in [0.1, 0.15) is 0 Å². The van der Waals surface area contributed by atoms with Crippen LogP contribution in [0.3, 0.4) is 0 Å². The minimum atomic E-state index is -0.525. The van der Waals surface area contributed by atoms with Crippen LogP contribution in [-0.2, 0) is 4.74 Å². The Bertz CT molecular complexity index is 902. The average molecular weight is 386 g/mol. The van der Waals surface area contributed by atoms with Crippen molar-refractivity contribution in [1.82, 2.24) is 0 Å². The molecule has 0 unspecified atom stereocenters. The van der Waals surface area contributed by atoms with Crippen LogP contribution in [0, 0.1) is 0 Å². The van der Waals surface area contributed by atoms with Crippen LogP contribution in [0.1, 0.15) is 23.2 Å². The van der Waals surface area contributed by atoms with Crippen molar-refractivity contribution in [2.24, 2.45) is 0 Å². The molecule has 2 amide bonds. The first-order valence-corrected chi connectivity index (χ1v) is 9.28. The maximum Gasteiger partial charge on any atom is 0.339 e. The lowest BCUT2D eigenvalue weighted by atomic mass is 10.1. The minimum absolute atomic E-state index is 0.267. The number of ether oxygens (including phenoxy) is 1. The summed E-state index contributed by atoms with van der Waals surface area (Å²) < 4.78 is 4.80. The normalized spacial score (nSPS) is 17.9. The van der Waals surface area contributed by atoms with E-state index in [1.165, 1.54) is 7.11 Å². The molecule has 0 aliphatic carbocycles. The third kappa shape index (κ3) is 3.21. The fourth-order valence-corrected chi connectivity index (χ4v) is 4.04. The maximum atomic E-state index is 13.1. The molecule has 2 aromatic rings. The van der Waals surface area contributed by atoms with Gasteiger partial charge in [0.15, 0.2) is 0 Å². The molecule has 2 aromatic carbocycles. The molecule has 0 saturated carbocycles. The first-order chi connectivity index (χ1) is 13.1. The van der Waals surface area contributed by atoms with Crippen molar-refractivity contribution in [1.29, 1.82) is 0 Å². The third-order valence-electron chi connectivity index (χ3n) is 5.13. The molecule has 2 aliphatic rings. The lowest BCUT2D eigenvalue weighted by molar-refractivity contribution is 0.0602. The smallest absolute Gasteiger partial charge is 0.339 e. The Morgan fingerprint density at radius 3 is 2.74 bits per heavy atom. The number of nitrogens with one attached hydrogen (secondary N) is 1. The highest BCUT2D eigenvalue weighted by Gasteiger charge is 2.36.